The maximum absolute atomic E-state index is 11.6. The van der Waals surface area contributed by atoms with Crippen LogP contribution in [0.1, 0.15) is 43.0 Å². The molecule has 9 heteroatoms. The Kier molecular flexibility index (Phi) is 6.57. The summed E-state index contributed by atoms with van der Waals surface area (Å²) in [5, 5.41) is 11.6. The van der Waals surface area contributed by atoms with Crippen molar-refractivity contribution in [3.05, 3.63) is 35.2 Å². The second-order valence-electron chi connectivity index (χ2n) is 5.53. The molecule has 2 aromatic heterocycles. The first-order valence-corrected chi connectivity index (χ1v) is 8.66. The van der Waals surface area contributed by atoms with E-state index in [1.54, 1.807) is 24.6 Å². The molecule has 8 nitrogen and oxygen atoms in total. The van der Waals surface area contributed by atoms with E-state index in [9.17, 15) is 4.79 Å². The van der Waals surface area contributed by atoms with Crippen LogP contribution in [-0.2, 0) is 6.54 Å². The Morgan fingerprint density at radius 1 is 1.38 bits per heavy atom. The molecule has 0 radical (unpaired) electrons. The number of allylic oxidation sites excluding steroid dienone is 3. The van der Waals surface area contributed by atoms with Crippen LogP contribution in [-0.4, -0.2) is 46.2 Å². The standard InChI is InChI=1S/C17H23ClN6O2/c1-6-23(7-2)17-20-15(19-5)13(10-25)24(17)9-14-21-22-16(26-14)11(3)8-12(4)18/h8,10,19H,3,6-7,9H2,1-2,4-5H3/b12-8+. The third kappa shape index (κ3) is 4.13. The largest absolute Gasteiger partial charge is 0.419 e. The molecule has 0 fully saturated rings. The van der Waals surface area contributed by atoms with Gasteiger partial charge in [0.2, 0.25) is 17.7 Å². The normalized spacial score (nSPS) is 11.5. The first kappa shape index (κ1) is 19.7. The molecule has 0 unspecified atom stereocenters. The summed E-state index contributed by atoms with van der Waals surface area (Å²) in [6, 6.07) is 0. The lowest BCUT2D eigenvalue weighted by atomic mass is 10.3. The highest BCUT2D eigenvalue weighted by atomic mass is 35.5. The molecule has 2 rings (SSSR count). The number of aromatic nitrogens is 4. The Bertz CT molecular complexity index is 815. The average Bonchev–Trinajstić information content (AvgIpc) is 3.21. The third-order valence-electron chi connectivity index (χ3n) is 3.79. The minimum atomic E-state index is 0.221. The molecule has 0 aliphatic heterocycles. The molecule has 0 amide bonds. The maximum atomic E-state index is 11.6. The number of aldehydes is 1. The van der Waals surface area contributed by atoms with Gasteiger partial charge in [-0.2, -0.15) is 4.98 Å². The third-order valence-corrected chi connectivity index (χ3v) is 3.90. The van der Waals surface area contributed by atoms with Crippen molar-refractivity contribution >= 4 is 35.2 Å². The number of hydrogen-bond donors (Lipinski definition) is 1. The first-order valence-electron chi connectivity index (χ1n) is 8.28. The van der Waals surface area contributed by atoms with Crippen LogP contribution in [0.25, 0.3) is 5.57 Å². The number of nitrogens with zero attached hydrogens (tertiary/aromatic N) is 5. The predicted molar refractivity (Wildman–Crippen MR) is 103 cm³/mol. The van der Waals surface area contributed by atoms with E-state index in [1.807, 2.05) is 18.7 Å². The quantitative estimate of drug-likeness (QED) is 0.529. The van der Waals surface area contributed by atoms with Crippen LogP contribution in [0.15, 0.2) is 22.1 Å². The van der Waals surface area contributed by atoms with Crippen LogP contribution in [0.5, 0.6) is 0 Å². The van der Waals surface area contributed by atoms with Gasteiger partial charge >= 0.3 is 0 Å². The lowest BCUT2D eigenvalue weighted by Gasteiger charge is -2.20. The summed E-state index contributed by atoms with van der Waals surface area (Å²) in [7, 11) is 1.72. The van der Waals surface area contributed by atoms with Crippen molar-refractivity contribution in [3.8, 4) is 0 Å². The minimum Gasteiger partial charge on any atom is -0.419 e. The number of rotatable bonds is 9. The summed E-state index contributed by atoms with van der Waals surface area (Å²) >= 11 is 5.85. The van der Waals surface area contributed by atoms with E-state index in [0.29, 0.717) is 34.0 Å². The van der Waals surface area contributed by atoms with Gasteiger partial charge in [0.25, 0.3) is 0 Å². The smallest absolute Gasteiger partial charge is 0.247 e. The summed E-state index contributed by atoms with van der Waals surface area (Å²) in [6.45, 7) is 11.4. The van der Waals surface area contributed by atoms with E-state index >= 15 is 0 Å². The van der Waals surface area contributed by atoms with Crippen molar-refractivity contribution in [2.24, 2.45) is 0 Å². The minimum absolute atomic E-state index is 0.221. The molecule has 0 aliphatic carbocycles. The van der Waals surface area contributed by atoms with Gasteiger partial charge in [-0.1, -0.05) is 18.2 Å². The molecule has 140 valence electrons. The molecular weight excluding hydrogens is 356 g/mol. The van der Waals surface area contributed by atoms with Crippen molar-refractivity contribution in [1.29, 1.82) is 0 Å². The summed E-state index contributed by atoms with van der Waals surface area (Å²) in [5.74, 6) is 1.80. The monoisotopic (exact) mass is 378 g/mol. The van der Waals surface area contributed by atoms with Gasteiger partial charge < -0.3 is 14.6 Å². The lowest BCUT2D eigenvalue weighted by molar-refractivity contribution is 0.111. The van der Waals surface area contributed by atoms with Crippen LogP contribution in [0.2, 0.25) is 0 Å². The second kappa shape index (κ2) is 8.66. The Morgan fingerprint density at radius 3 is 2.62 bits per heavy atom. The topological polar surface area (TPSA) is 89.1 Å². The molecule has 0 saturated heterocycles. The number of halogens is 1. The summed E-state index contributed by atoms with van der Waals surface area (Å²) in [5.41, 5.74) is 0.946. The highest BCUT2D eigenvalue weighted by Gasteiger charge is 2.21. The number of carbonyl (C=O) groups excluding carboxylic acids is 1. The highest BCUT2D eigenvalue weighted by Crippen LogP contribution is 2.24. The zero-order valence-electron chi connectivity index (χ0n) is 15.4. The van der Waals surface area contributed by atoms with Gasteiger partial charge in [-0.25, -0.2) is 0 Å². The zero-order chi connectivity index (χ0) is 19.3. The van der Waals surface area contributed by atoms with Crippen LogP contribution in [0, 0.1) is 0 Å². The maximum Gasteiger partial charge on any atom is 0.247 e. The van der Waals surface area contributed by atoms with Crippen LogP contribution in [0.4, 0.5) is 11.8 Å². The average molecular weight is 379 g/mol. The second-order valence-corrected chi connectivity index (χ2v) is 6.13. The molecule has 2 aromatic rings. The number of anilines is 2. The van der Waals surface area contributed by atoms with Crippen LogP contribution in [0.3, 0.4) is 0 Å². The molecule has 0 saturated carbocycles. The molecule has 26 heavy (non-hydrogen) atoms. The number of carbonyl (C=O) groups is 1. The van der Waals surface area contributed by atoms with Crippen molar-refractivity contribution in [2.75, 3.05) is 30.4 Å². The van der Waals surface area contributed by atoms with E-state index in [2.05, 4.69) is 27.1 Å². The predicted octanol–water partition coefficient (Wildman–Crippen LogP) is 3.17. The summed E-state index contributed by atoms with van der Waals surface area (Å²) in [6.07, 6.45) is 2.41. The summed E-state index contributed by atoms with van der Waals surface area (Å²) < 4.78 is 7.42. The van der Waals surface area contributed by atoms with Gasteiger partial charge in [-0.05, 0) is 26.8 Å². The zero-order valence-corrected chi connectivity index (χ0v) is 16.2. The van der Waals surface area contributed by atoms with Gasteiger partial charge in [0.05, 0.1) is 0 Å². The highest BCUT2D eigenvalue weighted by molar-refractivity contribution is 6.29. The number of hydrogen-bond acceptors (Lipinski definition) is 7. The van der Waals surface area contributed by atoms with Gasteiger partial charge in [-0.15, -0.1) is 10.2 Å². The van der Waals surface area contributed by atoms with E-state index in [-0.39, 0.29) is 12.4 Å². The van der Waals surface area contributed by atoms with Gasteiger partial charge in [0.1, 0.15) is 12.2 Å². The Labute approximate surface area is 157 Å². The molecule has 1 N–H and O–H groups in total. The first-order chi connectivity index (χ1) is 12.4. The fourth-order valence-corrected chi connectivity index (χ4v) is 2.68. The van der Waals surface area contributed by atoms with E-state index in [0.717, 1.165) is 19.4 Å². The van der Waals surface area contributed by atoms with E-state index < -0.39 is 0 Å². The molecule has 0 aliphatic rings. The molecule has 0 spiro atoms. The van der Waals surface area contributed by atoms with Crippen LogP contribution < -0.4 is 10.2 Å². The molecular formula is C17H23ClN6O2. The Balaban J connectivity index is 2.41. The molecule has 0 aromatic carbocycles. The number of imidazole rings is 1. The summed E-state index contributed by atoms with van der Waals surface area (Å²) in [4.78, 5) is 18.2. The lowest BCUT2D eigenvalue weighted by Crippen LogP contribution is -2.26. The van der Waals surface area contributed by atoms with Gasteiger partial charge in [-0.3, -0.25) is 9.36 Å². The SMILES string of the molecule is C=C(/C=C(\C)Cl)c1nnc(Cn2c(N(CC)CC)nc(NC)c2C=O)o1. The van der Waals surface area contributed by atoms with Crippen molar-refractivity contribution in [1.82, 2.24) is 19.7 Å². The Morgan fingerprint density at radius 2 is 2.08 bits per heavy atom. The fraction of sp³-hybridized carbons (Fsp3) is 0.412. The van der Waals surface area contributed by atoms with Gasteiger partial charge in [0.15, 0.2) is 12.1 Å². The molecule has 0 bridgehead atoms. The fourth-order valence-electron chi connectivity index (χ4n) is 2.54. The molecule has 2 heterocycles. The van der Waals surface area contributed by atoms with Crippen LogP contribution >= 0.6 is 11.6 Å². The van der Waals surface area contributed by atoms with Gasteiger partial charge in [0, 0.05) is 30.7 Å². The van der Waals surface area contributed by atoms with E-state index in [4.69, 9.17) is 16.0 Å². The number of nitrogens with one attached hydrogen (secondary N) is 1. The van der Waals surface area contributed by atoms with Crippen molar-refractivity contribution in [3.63, 3.8) is 0 Å². The van der Waals surface area contributed by atoms with Crippen molar-refractivity contribution in [2.45, 2.75) is 27.3 Å². The molecule has 0 atom stereocenters. The van der Waals surface area contributed by atoms with Crippen molar-refractivity contribution < 1.29 is 9.21 Å². The van der Waals surface area contributed by atoms with E-state index in [1.165, 1.54) is 0 Å². The Hall–Kier alpha value is -2.61.